The Kier molecular flexibility index (Phi) is 4.88. The zero-order valence-corrected chi connectivity index (χ0v) is 12.8. The zero-order valence-electron chi connectivity index (χ0n) is 12.0. The van der Waals surface area contributed by atoms with Crippen molar-refractivity contribution in [3.05, 3.63) is 30.1 Å². The molecule has 0 aliphatic rings. The summed E-state index contributed by atoms with van der Waals surface area (Å²) in [4.78, 5) is 4.67. The van der Waals surface area contributed by atoms with Crippen LogP contribution in [0.3, 0.4) is 0 Å². The number of nitrogens with zero attached hydrogens (tertiary/aromatic N) is 2. The van der Waals surface area contributed by atoms with E-state index in [1.165, 1.54) is 11.3 Å². The number of hydrogen-bond donors (Lipinski definition) is 1. The van der Waals surface area contributed by atoms with Gasteiger partial charge in [0.05, 0.1) is 11.0 Å². The average Bonchev–Trinajstić information content (AvgIpc) is 2.66. The molecule has 2 N–H and O–H groups in total. The quantitative estimate of drug-likeness (QED) is 0.883. The standard InChI is InChI=1S/C15H23N3S/c1-11(2)9-19-10-12(16)8-15-17-13-6-4-5-7-14(13)18(15)3/h4-7,11-12H,8-10,16H2,1-3H3. The fraction of sp³-hybridized carbons (Fsp3) is 0.533. The minimum absolute atomic E-state index is 0.180. The summed E-state index contributed by atoms with van der Waals surface area (Å²) in [6.07, 6.45) is 0.844. The molecular formula is C15H23N3S. The van der Waals surface area contributed by atoms with E-state index in [1.54, 1.807) is 0 Å². The van der Waals surface area contributed by atoms with Gasteiger partial charge in [-0.15, -0.1) is 0 Å². The molecule has 1 heterocycles. The molecule has 1 unspecified atom stereocenters. The van der Waals surface area contributed by atoms with Gasteiger partial charge in [0.25, 0.3) is 0 Å². The number of rotatable bonds is 6. The molecule has 104 valence electrons. The molecule has 0 spiro atoms. The van der Waals surface area contributed by atoms with Crippen molar-refractivity contribution in [3.8, 4) is 0 Å². The Bertz CT molecular complexity index is 533. The SMILES string of the molecule is CC(C)CSCC(N)Cc1nc2ccccc2n1C. The van der Waals surface area contributed by atoms with E-state index >= 15 is 0 Å². The van der Waals surface area contributed by atoms with Crippen molar-refractivity contribution in [2.24, 2.45) is 18.7 Å². The van der Waals surface area contributed by atoms with E-state index < -0.39 is 0 Å². The number of nitrogens with two attached hydrogens (primary N) is 1. The van der Waals surface area contributed by atoms with Crippen molar-refractivity contribution in [1.82, 2.24) is 9.55 Å². The van der Waals surface area contributed by atoms with Crippen LogP contribution in [-0.4, -0.2) is 27.1 Å². The number of benzene rings is 1. The summed E-state index contributed by atoms with van der Waals surface area (Å²) >= 11 is 1.94. The number of hydrogen-bond acceptors (Lipinski definition) is 3. The predicted molar refractivity (Wildman–Crippen MR) is 84.6 cm³/mol. The highest BCUT2D eigenvalue weighted by molar-refractivity contribution is 7.99. The zero-order chi connectivity index (χ0) is 13.8. The first-order valence-corrected chi connectivity index (χ1v) is 7.97. The van der Waals surface area contributed by atoms with Gasteiger partial charge in [-0.05, 0) is 23.8 Å². The summed E-state index contributed by atoms with van der Waals surface area (Å²) in [7, 11) is 2.07. The molecule has 0 bridgehead atoms. The lowest BCUT2D eigenvalue weighted by molar-refractivity contribution is 0.682. The van der Waals surface area contributed by atoms with Gasteiger partial charge >= 0.3 is 0 Å². The molecule has 3 nitrogen and oxygen atoms in total. The number of fused-ring (bicyclic) bond motifs is 1. The maximum atomic E-state index is 6.21. The Morgan fingerprint density at radius 2 is 2.00 bits per heavy atom. The van der Waals surface area contributed by atoms with Crippen LogP contribution in [0.25, 0.3) is 11.0 Å². The Morgan fingerprint density at radius 1 is 1.26 bits per heavy atom. The van der Waals surface area contributed by atoms with Crippen LogP contribution >= 0.6 is 11.8 Å². The van der Waals surface area contributed by atoms with Crippen molar-refractivity contribution < 1.29 is 0 Å². The molecule has 19 heavy (non-hydrogen) atoms. The third-order valence-corrected chi connectivity index (χ3v) is 4.67. The van der Waals surface area contributed by atoms with Crippen LogP contribution in [0.4, 0.5) is 0 Å². The first-order valence-electron chi connectivity index (χ1n) is 6.81. The summed E-state index contributed by atoms with van der Waals surface area (Å²) < 4.78 is 2.16. The van der Waals surface area contributed by atoms with Gasteiger partial charge in [0, 0.05) is 25.3 Å². The van der Waals surface area contributed by atoms with Crippen LogP contribution in [0.15, 0.2) is 24.3 Å². The molecule has 1 aromatic heterocycles. The Balaban J connectivity index is 1.99. The fourth-order valence-corrected chi connectivity index (χ4v) is 3.15. The summed E-state index contributed by atoms with van der Waals surface area (Å²) in [5.41, 5.74) is 8.45. The van der Waals surface area contributed by atoms with Gasteiger partial charge in [0.2, 0.25) is 0 Å². The van der Waals surface area contributed by atoms with Gasteiger partial charge in [0.15, 0.2) is 0 Å². The molecule has 0 amide bonds. The van der Waals surface area contributed by atoms with E-state index in [0.717, 1.165) is 29.4 Å². The van der Waals surface area contributed by atoms with Gasteiger partial charge in [-0.1, -0.05) is 26.0 Å². The van der Waals surface area contributed by atoms with E-state index in [1.807, 2.05) is 23.9 Å². The lowest BCUT2D eigenvalue weighted by atomic mass is 10.2. The van der Waals surface area contributed by atoms with Gasteiger partial charge in [-0.2, -0.15) is 11.8 Å². The van der Waals surface area contributed by atoms with Crippen molar-refractivity contribution in [1.29, 1.82) is 0 Å². The molecule has 0 aliphatic heterocycles. The van der Waals surface area contributed by atoms with Crippen molar-refractivity contribution in [3.63, 3.8) is 0 Å². The normalized spacial score (nSPS) is 13.3. The summed E-state index contributed by atoms with van der Waals surface area (Å²) in [5.74, 6) is 3.99. The topological polar surface area (TPSA) is 43.8 Å². The average molecular weight is 277 g/mol. The Labute approximate surface area is 119 Å². The summed E-state index contributed by atoms with van der Waals surface area (Å²) in [6.45, 7) is 4.48. The van der Waals surface area contributed by atoms with E-state index in [4.69, 9.17) is 5.73 Å². The third kappa shape index (κ3) is 3.74. The highest BCUT2D eigenvalue weighted by Gasteiger charge is 2.11. The van der Waals surface area contributed by atoms with Crippen LogP contribution in [0.5, 0.6) is 0 Å². The molecule has 0 fully saturated rings. The summed E-state index contributed by atoms with van der Waals surface area (Å²) in [6, 6.07) is 8.41. The van der Waals surface area contributed by atoms with E-state index in [2.05, 4.69) is 42.6 Å². The molecule has 0 saturated carbocycles. The molecule has 0 radical (unpaired) electrons. The highest BCUT2D eigenvalue weighted by atomic mass is 32.2. The van der Waals surface area contributed by atoms with E-state index in [-0.39, 0.29) is 6.04 Å². The smallest absolute Gasteiger partial charge is 0.111 e. The second-order valence-electron chi connectivity index (χ2n) is 5.47. The molecule has 2 aromatic rings. The lowest BCUT2D eigenvalue weighted by Gasteiger charge is -2.12. The lowest BCUT2D eigenvalue weighted by Crippen LogP contribution is -2.27. The largest absolute Gasteiger partial charge is 0.331 e. The molecule has 0 saturated heterocycles. The first kappa shape index (κ1) is 14.4. The van der Waals surface area contributed by atoms with E-state index in [9.17, 15) is 0 Å². The van der Waals surface area contributed by atoms with Gasteiger partial charge in [-0.25, -0.2) is 4.98 Å². The van der Waals surface area contributed by atoms with Gasteiger partial charge in [-0.3, -0.25) is 0 Å². The molecule has 2 rings (SSSR count). The predicted octanol–water partition coefficient (Wildman–Crippen LogP) is 2.83. The highest BCUT2D eigenvalue weighted by Crippen LogP contribution is 2.16. The maximum Gasteiger partial charge on any atom is 0.111 e. The second-order valence-corrected chi connectivity index (χ2v) is 6.55. The number of imidazole rings is 1. The maximum absolute atomic E-state index is 6.21. The van der Waals surface area contributed by atoms with Crippen molar-refractivity contribution in [2.45, 2.75) is 26.3 Å². The number of aryl methyl sites for hydroxylation is 1. The van der Waals surface area contributed by atoms with Crippen LogP contribution in [-0.2, 0) is 13.5 Å². The van der Waals surface area contributed by atoms with Crippen molar-refractivity contribution in [2.75, 3.05) is 11.5 Å². The molecule has 0 aliphatic carbocycles. The van der Waals surface area contributed by atoms with Crippen LogP contribution < -0.4 is 5.73 Å². The van der Waals surface area contributed by atoms with Gasteiger partial charge in [0.1, 0.15) is 5.82 Å². The van der Waals surface area contributed by atoms with Gasteiger partial charge < -0.3 is 10.3 Å². The molecular weight excluding hydrogens is 254 g/mol. The number of aromatic nitrogens is 2. The molecule has 1 atom stereocenters. The monoisotopic (exact) mass is 277 g/mol. The summed E-state index contributed by atoms with van der Waals surface area (Å²) in [5, 5.41) is 0. The van der Waals surface area contributed by atoms with Crippen LogP contribution in [0, 0.1) is 5.92 Å². The molecule has 4 heteroatoms. The third-order valence-electron chi connectivity index (χ3n) is 3.11. The molecule has 1 aromatic carbocycles. The fourth-order valence-electron chi connectivity index (χ4n) is 2.13. The van der Waals surface area contributed by atoms with Crippen LogP contribution in [0.2, 0.25) is 0 Å². The Morgan fingerprint density at radius 3 is 2.68 bits per heavy atom. The number of para-hydroxylation sites is 2. The minimum Gasteiger partial charge on any atom is -0.331 e. The second kappa shape index (κ2) is 6.44. The minimum atomic E-state index is 0.180. The van der Waals surface area contributed by atoms with E-state index in [0.29, 0.717) is 0 Å². The number of thioether (sulfide) groups is 1. The van der Waals surface area contributed by atoms with Crippen LogP contribution in [0.1, 0.15) is 19.7 Å². The van der Waals surface area contributed by atoms with Crippen molar-refractivity contribution >= 4 is 22.8 Å². The Hall–Kier alpha value is -1.00. The first-order chi connectivity index (χ1) is 9.08.